The monoisotopic (exact) mass is 1850 g/mol. The summed E-state index contributed by atoms with van der Waals surface area (Å²) in [7, 11) is 5.92. The third kappa shape index (κ3) is 21.0. The molecule has 0 spiro atoms. The molecule has 0 radical (unpaired) electrons. The van der Waals surface area contributed by atoms with Crippen LogP contribution < -0.4 is 10.6 Å². The predicted octanol–water partition coefficient (Wildman–Crippen LogP) is 23.4. The Morgan fingerprint density at radius 1 is 0.296 bits per heavy atom. The van der Waals surface area contributed by atoms with Crippen LogP contribution in [0.4, 0.5) is 0 Å². The van der Waals surface area contributed by atoms with Gasteiger partial charge in [0.15, 0.2) is 0 Å². The van der Waals surface area contributed by atoms with E-state index in [9.17, 15) is 38.4 Å². The molecule has 0 aromatic rings. The fourth-order valence-corrected chi connectivity index (χ4v) is 38.4. The quantitative estimate of drug-likeness (QED) is 0.105. The number of likely N-dealkylation sites (N-methyl/N-ethyl adjacent to an activating group) is 4. The van der Waals surface area contributed by atoms with Gasteiger partial charge in [0.25, 0.3) is 0 Å². The molecule has 0 aromatic heterocycles. The molecule has 16 nitrogen and oxygen atoms in total. The second kappa shape index (κ2) is 43.6. The number of carbonyl (C=O) groups excluding carboxylic acids is 8. The molecule has 0 saturated heterocycles. The van der Waals surface area contributed by atoms with Crippen LogP contribution in [0.15, 0.2) is 99.2 Å². The third-order valence-corrected chi connectivity index (χ3v) is 43.0. The predicted molar refractivity (Wildman–Crippen MR) is 539 cm³/mol. The van der Waals surface area contributed by atoms with E-state index < -0.39 is 0 Å². The zero-order chi connectivity index (χ0) is 95.2. The highest BCUT2D eigenvalue weighted by Gasteiger charge is 2.61. The molecule has 26 aliphatic carbocycles. The van der Waals surface area contributed by atoms with Gasteiger partial charge in [0, 0.05) is 92.3 Å². The van der Waals surface area contributed by atoms with E-state index in [2.05, 4.69) is 75.1 Å². The van der Waals surface area contributed by atoms with Crippen molar-refractivity contribution in [2.24, 2.45) is 189 Å². The van der Waals surface area contributed by atoms with Gasteiger partial charge in [-0.2, -0.15) is 0 Å². The van der Waals surface area contributed by atoms with E-state index in [4.69, 9.17) is 9.47 Å². The lowest BCUT2D eigenvalue weighted by atomic mass is 9.54. The molecule has 135 heavy (non-hydrogen) atoms. The summed E-state index contributed by atoms with van der Waals surface area (Å²) in [6.45, 7) is 39.4. The average molecular weight is 1850 g/mol. The summed E-state index contributed by atoms with van der Waals surface area (Å²) in [5.74, 6) is 28.3. The lowest BCUT2D eigenvalue weighted by molar-refractivity contribution is -0.149. The number of rotatable bonds is 17. The number of carbonyl (C=O) groups is 8. The van der Waals surface area contributed by atoms with Crippen LogP contribution in [0.5, 0.6) is 0 Å². The van der Waals surface area contributed by atoms with Crippen LogP contribution in [0.3, 0.4) is 0 Å². The lowest BCUT2D eigenvalue weighted by Crippen LogP contribution is -2.57. The molecular formula is C119H180N6O10. The largest absolute Gasteiger partial charge is 0.459 e. The fraction of sp³-hybridized carbons (Fsp3) is 0.798. The highest BCUT2D eigenvalue weighted by Crippen LogP contribution is 2.65. The number of esters is 2. The van der Waals surface area contributed by atoms with Crippen molar-refractivity contribution in [3.63, 3.8) is 0 Å². The van der Waals surface area contributed by atoms with Crippen molar-refractivity contribution in [1.82, 2.24) is 30.2 Å². The first-order valence-electron chi connectivity index (χ1n) is 56.3. The minimum absolute atomic E-state index is 0.0184. The van der Waals surface area contributed by atoms with Gasteiger partial charge in [0.05, 0.1) is 0 Å². The molecule has 30 atom stereocenters. The number of ether oxygens (including phenoxy) is 2. The molecule has 26 fully saturated rings. The van der Waals surface area contributed by atoms with E-state index in [1.54, 1.807) is 13.8 Å². The molecule has 26 aliphatic rings. The Morgan fingerprint density at radius 2 is 0.615 bits per heavy atom. The van der Waals surface area contributed by atoms with Crippen molar-refractivity contribution < 1.29 is 47.8 Å². The van der Waals surface area contributed by atoms with Crippen LogP contribution in [0.2, 0.25) is 0 Å². The van der Waals surface area contributed by atoms with Crippen LogP contribution in [-0.4, -0.2) is 143 Å². The highest BCUT2D eigenvalue weighted by atomic mass is 16.5. The summed E-state index contributed by atoms with van der Waals surface area (Å²) in [4.78, 5) is 102. The van der Waals surface area contributed by atoms with E-state index in [0.717, 1.165) is 197 Å². The van der Waals surface area contributed by atoms with Gasteiger partial charge in [-0.3, -0.25) is 28.8 Å². The third-order valence-electron chi connectivity index (χ3n) is 43.0. The zero-order valence-electron chi connectivity index (χ0n) is 85.2. The summed E-state index contributed by atoms with van der Waals surface area (Å²) >= 11 is 0. The molecule has 26 rings (SSSR count). The van der Waals surface area contributed by atoms with Crippen LogP contribution in [0, 0.1) is 189 Å². The Bertz CT molecular complexity index is 4140. The minimum Gasteiger partial charge on any atom is -0.459 e. The summed E-state index contributed by atoms with van der Waals surface area (Å²) < 4.78 is 11.1. The van der Waals surface area contributed by atoms with Gasteiger partial charge >= 0.3 is 11.9 Å². The van der Waals surface area contributed by atoms with Crippen LogP contribution in [-0.2, 0) is 47.8 Å². The molecule has 0 aliphatic heterocycles. The Hall–Kier alpha value is -6.32. The summed E-state index contributed by atoms with van der Waals surface area (Å²) in [5.41, 5.74) is 2.56. The number of amides is 6. The van der Waals surface area contributed by atoms with Gasteiger partial charge < -0.3 is 39.7 Å². The first-order valence-corrected chi connectivity index (χ1v) is 56.3. The Balaban J connectivity index is 0.000000107. The second-order valence-electron chi connectivity index (χ2n) is 50.0. The topological polar surface area (TPSA) is 192 Å². The average Bonchev–Trinajstić information content (AvgIpc) is 1.51. The Labute approximate surface area is 815 Å². The lowest BCUT2D eigenvalue weighted by Gasteiger charge is -2.57. The van der Waals surface area contributed by atoms with E-state index >= 15 is 0 Å². The maximum Gasteiger partial charge on any atom is 0.333 e. The molecule has 20 bridgehead atoms. The summed E-state index contributed by atoms with van der Waals surface area (Å²) in [6.07, 6.45) is 69.3. The van der Waals surface area contributed by atoms with Crippen LogP contribution >= 0.6 is 0 Å². The Morgan fingerprint density at radius 3 is 0.970 bits per heavy atom. The maximum atomic E-state index is 12.3. The molecule has 746 valence electrons. The molecule has 6 amide bonds. The number of hydrogen-bond acceptors (Lipinski definition) is 10. The number of fused-ring (bicyclic) bond motifs is 30. The van der Waals surface area contributed by atoms with Crippen molar-refractivity contribution in [1.29, 1.82) is 0 Å². The SMILES string of the molecule is C=C(C)C(=O)N(C)C1CC2CC1C1CCCCC21.C=C(C)C(=O)N(CC)C1C2CC3CC(C2)CC1C3.C=C(C)C(=O)NC1CC2CC1C1CCCCC21.C=C(C)C(=O)OC1CC2CC1C1CCCCC21.C=CC(=O)N(C)C1C2CC3CC(C2)CC1C3.C=CC(=O)N(C)C1CC2CC1C1CCCCC21.C=CC(=O)NC1CC2CC1C1CCCCC21.C=CC(=O)OC1CC2CC1C1CCCCC21. The minimum atomic E-state index is -0.232. The molecule has 16 heteroatoms. The van der Waals surface area contributed by atoms with Gasteiger partial charge in [-0.25, -0.2) is 9.59 Å². The molecule has 30 unspecified atom stereocenters. The van der Waals surface area contributed by atoms with Gasteiger partial charge in [-0.1, -0.05) is 130 Å². The van der Waals surface area contributed by atoms with Crippen LogP contribution in [0.1, 0.15) is 330 Å². The van der Waals surface area contributed by atoms with Crippen molar-refractivity contribution in [3.05, 3.63) is 99.2 Å². The number of nitrogens with zero attached hydrogens (tertiary/aromatic N) is 4. The fourth-order valence-electron chi connectivity index (χ4n) is 38.4. The van der Waals surface area contributed by atoms with Gasteiger partial charge in [0.2, 0.25) is 35.4 Å². The normalized spacial score (nSPS) is 43.3. The van der Waals surface area contributed by atoms with Crippen molar-refractivity contribution in [2.75, 3.05) is 27.7 Å². The second-order valence-corrected chi connectivity index (χ2v) is 50.0. The smallest absolute Gasteiger partial charge is 0.333 e. The van der Waals surface area contributed by atoms with Crippen molar-refractivity contribution in [3.8, 4) is 0 Å². The highest BCUT2D eigenvalue weighted by molar-refractivity contribution is 5.94. The van der Waals surface area contributed by atoms with E-state index in [-0.39, 0.29) is 59.6 Å². The molecular weight excluding hydrogens is 1670 g/mol. The standard InChI is InChI=1S/2C16H25NO.2C15H23NO.C15H22O2.2C14H21NO.C14H20O2/c1-10(2)16(18)17(3)15-9-11-8-14(15)13-7-5-4-6-12(11)13;1-4-17(16(18)10(2)3)15-13-6-11-5-12(8-13)9-14(15)7-11;1-9(2)15(17)16-14-8-10-7-13(14)12-6-4-3-5-11(10)12;1-3-15(17)16(2)14-9-10-8-13(14)12-7-5-4-6-11(10)12;1-9(2)15(16)17-14-8-10-7-13(14)12-6-4-3-5-11(10)12;1-3-13(16)15(2)14-11-5-9-4-10(7-11)8-12(14)6-9;1-2-14(16)15-13-8-9-7-12(13)11-6-4-3-5-10(9)11;1-2-14(15)16-13-8-9-7-12(13)11-6-4-3-5-10(9)11/h11-15H,1,4-9H2,2-3H3;11-15H,2,4-9H2,1,3H3;10-14H,1,3-8H2,2H3,(H,16,17);3,10-14H,1,4-9H2,2H3;10-14H,1,3-8H2,2H3;3,9-12,14H,1,4-8H2,2H3;2,9-13H,1,3-8H2,(H,15,16);2,9-13H,1,3-8H2. The van der Waals surface area contributed by atoms with E-state index in [1.807, 2.05) is 49.7 Å². The van der Waals surface area contributed by atoms with Crippen molar-refractivity contribution in [2.45, 2.75) is 378 Å². The van der Waals surface area contributed by atoms with E-state index in [0.29, 0.717) is 70.4 Å². The van der Waals surface area contributed by atoms with Crippen LogP contribution in [0.25, 0.3) is 0 Å². The summed E-state index contributed by atoms with van der Waals surface area (Å²) in [6, 6.07) is 2.94. The summed E-state index contributed by atoms with van der Waals surface area (Å²) in [5, 5.41) is 6.34. The first-order chi connectivity index (χ1) is 65.0. The molecule has 26 saturated carbocycles. The van der Waals surface area contributed by atoms with Gasteiger partial charge in [-0.05, 0) is 461 Å². The maximum absolute atomic E-state index is 12.3. The van der Waals surface area contributed by atoms with Gasteiger partial charge in [-0.15, -0.1) is 0 Å². The van der Waals surface area contributed by atoms with Gasteiger partial charge in [0.1, 0.15) is 12.2 Å². The van der Waals surface area contributed by atoms with E-state index in [1.165, 1.54) is 307 Å². The molecule has 0 heterocycles. The zero-order valence-corrected chi connectivity index (χ0v) is 85.2. The molecule has 2 N–H and O–H groups in total. The number of hydrogen-bond donors (Lipinski definition) is 2. The Kier molecular flexibility index (Phi) is 32.4. The first kappa shape index (κ1) is 100. The number of nitrogens with one attached hydrogen (secondary N) is 2. The molecule has 0 aromatic carbocycles. The van der Waals surface area contributed by atoms with Crippen molar-refractivity contribution >= 4 is 47.4 Å².